The number of ether oxygens (including phenoxy) is 1. The first kappa shape index (κ1) is 12.8. The van der Waals surface area contributed by atoms with Crippen LogP contribution in [0.25, 0.3) is 0 Å². The maximum Gasteiger partial charge on any atom is 0.329 e. The monoisotopic (exact) mass is 253 g/mol. The molecule has 0 saturated carbocycles. The van der Waals surface area contributed by atoms with Gasteiger partial charge in [0.25, 0.3) is 0 Å². The van der Waals surface area contributed by atoms with E-state index >= 15 is 0 Å². The summed E-state index contributed by atoms with van der Waals surface area (Å²) < 4.78 is 18.9. The summed E-state index contributed by atoms with van der Waals surface area (Å²) >= 11 is 0. The van der Waals surface area contributed by atoms with Gasteiger partial charge in [-0.1, -0.05) is 12.1 Å². The Bertz CT molecular complexity index is 428. The van der Waals surface area contributed by atoms with E-state index in [1.54, 1.807) is 18.2 Å². The van der Waals surface area contributed by atoms with Gasteiger partial charge in [-0.05, 0) is 25.0 Å². The summed E-state index contributed by atoms with van der Waals surface area (Å²) in [5, 5.41) is 12.3. The molecule has 2 N–H and O–H groups in total. The second-order valence-electron chi connectivity index (χ2n) is 4.46. The van der Waals surface area contributed by atoms with Gasteiger partial charge < -0.3 is 15.2 Å². The summed E-state index contributed by atoms with van der Waals surface area (Å²) in [7, 11) is 0. The van der Waals surface area contributed by atoms with Crippen LogP contribution in [0.3, 0.4) is 0 Å². The van der Waals surface area contributed by atoms with Crippen LogP contribution < -0.4 is 5.32 Å². The lowest BCUT2D eigenvalue weighted by molar-refractivity contribution is -0.142. The van der Waals surface area contributed by atoms with Crippen LogP contribution in [0.1, 0.15) is 19.3 Å². The first-order valence-corrected chi connectivity index (χ1v) is 5.98. The van der Waals surface area contributed by atoms with Crippen molar-refractivity contribution in [1.82, 2.24) is 0 Å². The Hall–Kier alpha value is -1.62. The molecule has 1 aliphatic heterocycles. The summed E-state index contributed by atoms with van der Waals surface area (Å²) in [6.07, 6.45) is 1.40. The Morgan fingerprint density at radius 3 is 2.83 bits per heavy atom. The van der Waals surface area contributed by atoms with E-state index in [0.29, 0.717) is 32.5 Å². The first-order chi connectivity index (χ1) is 8.64. The third-order valence-corrected chi connectivity index (χ3v) is 3.22. The number of carbonyl (C=O) groups is 1. The topological polar surface area (TPSA) is 58.6 Å². The highest BCUT2D eigenvalue weighted by atomic mass is 19.1. The van der Waals surface area contributed by atoms with Gasteiger partial charge in [0, 0.05) is 19.6 Å². The third-order valence-electron chi connectivity index (χ3n) is 3.22. The van der Waals surface area contributed by atoms with Gasteiger partial charge in [0.2, 0.25) is 0 Å². The number of nitrogens with one attached hydrogen (secondary N) is 1. The molecule has 1 heterocycles. The number of halogens is 1. The van der Waals surface area contributed by atoms with E-state index in [2.05, 4.69) is 5.32 Å². The highest BCUT2D eigenvalue weighted by Gasteiger charge is 2.39. The lowest BCUT2D eigenvalue weighted by Crippen LogP contribution is -2.46. The average molecular weight is 253 g/mol. The highest BCUT2D eigenvalue weighted by molar-refractivity contribution is 5.82. The quantitative estimate of drug-likeness (QED) is 0.867. The maximum atomic E-state index is 13.6. The molecule has 1 aliphatic rings. The van der Waals surface area contributed by atoms with Crippen molar-refractivity contribution in [2.75, 3.05) is 18.5 Å². The Labute approximate surface area is 105 Å². The van der Waals surface area contributed by atoms with E-state index in [0.717, 1.165) is 0 Å². The minimum absolute atomic E-state index is 0.224. The summed E-state index contributed by atoms with van der Waals surface area (Å²) in [6.45, 7) is 0.918. The molecule has 1 aromatic rings. The molecule has 0 aromatic heterocycles. The fourth-order valence-corrected chi connectivity index (χ4v) is 2.16. The molecule has 0 amide bonds. The van der Waals surface area contributed by atoms with E-state index in [-0.39, 0.29) is 5.69 Å². The molecule has 98 valence electrons. The van der Waals surface area contributed by atoms with Crippen molar-refractivity contribution in [3.63, 3.8) is 0 Å². The summed E-state index contributed by atoms with van der Waals surface area (Å²) in [5.74, 6) is -1.40. The Balaban J connectivity index is 2.25. The molecule has 0 bridgehead atoms. The number of hydrogen-bond acceptors (Lipinski definition) is 3. The van der Waals surface area contributed by atoms with E-state index in [9.17, 15) is 14.3 Å². The number of rotatable bonds is 3. The molecule has 4 nitrogen and oxygen atoms in total. The van der Waals surface area contributed by atoms with Crippen LogP contribution in [0.15, 0.2) is 24.3 Å². The smallest absolute Gasteiger partial charge is 0.329 e. The molecule has 2 rings (SSSR count). The molecule has 18 heavy (non-hydrogen) atoms. The van der Waals surface area contributed by atoms with Crippen LogP contribution in [-0.2, 0) is 9.53 Å². The Kier molecular flexibility index (Phi) is 3.81. The molecule has 5 heteroatoms. The Morgan fingerprint density at radius 2 is 2.11 bits per heavy atom. The number of carboxylic acid groups (broad SMARTS) is 1. The number of anilines is 1. The molecular weight excluding hydrogens is 237 g/mol. The molecular formula is C13H16FNO3. The minimum atomic E-state index is -1.14. The number of benzene rings is 1. The minimum Gasteiger partial charge on any atom is -0.480 e. The van der Waals surface area contributed by atoms with Crippen LogP contribution in [0.4, 0.5) is 10.1 Å². The molecule has 1 atom stereocenters. The lowest BCUT2D eigenvalue weighted by atomic mass is 9.90. The van der Waals surface area contributed by atoms with Crippen molar-refractivity contribution in [2.24, 2.45) is 0 Å². The molecule has 0 spiro atoms. The Morgan fingerprint density at radius 1 is 1.33 bits per heavy atom. The number of para-hydroxylation sites is 1. The lowest BCUT2D eigenvalue weighted by Gasteiger charge is -2.30. The molecule has 1 fully saturated rings. The van der Waals surface area contributed by atoms with E-state index in [1.165, 1.54) is 6.07 Å². The van der Waals surface area contributed by atoms with Crippen molar-refractivity contribution in [1.29, 1.82) is 0 Å². The zero-order valence-corrected chi connectivity index (χ0v) is 9.99. The average Bonchev–Trinajstić information content (AvgIpc) is 2.59. The number of aliphatic carboxylic acids is 1. The van der Waals surface area contributed by atoms with Crippen LogP contribution >= 0.6 is 0 Å². The van der Waals surface area contributed by atoms with Gasteiger partial charge in [-0.15, -0.1) is 0 Å². The SMILES string of the molecule is O=C(O)C1(Nc2ccccc2F)CCCOCC1. The maximum absolute atomic E-state index is 13.6. The van der Waals surface area contributed by atoms with Gasteiger partial charge in [0.15, 0.2) is 0 Å². The first-order valence-electron chi connectivity index (χ1n) is 5.98. The van der Waals surface area contributed by atoms with Gasteiger partial charge in [0.05, 0.1) is 5.69 Å². The summed E-state index contributed by atoms with van der Waals surface area (Å²) in [4.78, 5) is 11.5. The van der Waals surface area contributed by atoms with E-state index < -0.39 is 17.3 Å². The van der Waals surface area contributed by atoms with Gasteiger partial charge in [-0.2, -0.15) is 0 Å². The summed E-state index contributed by atoms with van der Waals surface area (Å²) in [5.41, 5.74) is -0.916. The number of carboxylic acids is 1. The van der Waals surface area contributed by atoms with Crippen molar-refractivity contribution < 1.29 is 19.0 Å². The van der Waals surface area contributed by atoms with Gasteiger partial charge in [-0.25, -0.2) is 9.18 Å². The van der Waals surface area contributed by atoms with Crippen molar-refractivity contribution in [3.05, 3.63) is 30.1 Å². The van der Waals surface area contributed by atoms with Crippen LogP contribution in [-0.4, -0.2) is 29.8 Å². The van der Waals surface area contributed by atoms with E-state index in [1.807, 2.05) is 0 Å². The third kappa shape index (κ3) is 2.61. The number of hydrogen-bond donors (Lipinski definition) is 2. The van der Waals surface area contributed by atoms with Crippen molar-refractivity contribution >= 4 is 11.7 Å². The van der Waals surface area contributed by atoms with Gasteiger partial charge in [0.1, 0.15) is 11.4 Å². The van der Waals surface area contributed by atoms with Crippen molar-refractivity contribution in [2.45, 2.75) is 24.8 Å². The second-order valence-corrected chi connectivity index (χ2v) is 4.46. The molecule has 1 aromatic carbocycles. The molecule has 0 radical (unpaired) electrons. The predicted molar refractivity (Wildman–Crippen MR) is 65.1 cm³/mol. The van der Waals surface area contributed by atoms with Crippen LogP contribution in [0.5, 0.6) is 0 Å². The summed E-state index contributed by atoms with van der Waals surface area (Å²) in [6, 6.07) is 6.11. The fraction of sp³-hybridized carbons (Fsp3) is 0.462. The standard InChI is InChI=1S/C13H16FNO3/c14-10-4-1-2-5-11(10)15-13(12(16)17)6-3-8-18-9-7-13/h1-2,4-5,15H,3,6-9H2,(H,16,17). The second kappa shape index (κ2) is 5.35. The van der Waals surface area contributed by atoms with Crippen molar-refractivity contribution in [3.8, 4) is 0 Å². The van der Waals surface area contributed by atoms with Crippen LogP contribution in [0.2, 0.25) is 0 Å². The largest absolute Gasteiger partial charge is 0.480 e. The van der Waals surface area contributed by atoms with Gasteiger partial charge >= 0.3 is 5.97 Å². The predicted octanol–water partition coefficient (Wildman–Crippen LogP) is 2.26. The van der Waals surface area contributed by atoms with Gasteiger partial charge in [-0.3, -0.25) is 0 Å². The zero-order valence-electron chi connectivity index (χ0n) is 9.99. The molecule has 1 unspecified atom stereocenters. The van der Waals surface area contributed by atoms with Crippen LogP contribution in [0, 0.1) is 5.82 Å². The normalized spacial score (nSPS) is 24.3. The van der Waals surface area contributed by atoms with E-state index in [4.69, 9.17) is 4.74 Å². The zero-order chi connectivity index (χ0) is 13.0. The molecule has 1 saturated heterocycles. The highest BCUT2D eigenvalue weighted by Crippen LogP contribution is 2.28. The molecule has 0 aliphatic carbocycles. The fourth-order valence-electron chi connectivity index (χ4n) is 2.16.